The van der Waals surface area contributed by atoms with Crippen LogP contribution in [0.2, 0.25) is 0 Å². The lowest BCUT2D eigenvalue weighted by Crippen LogP contribution is -2.13. The molecule has 1 aromatic carbocycles. The molecule has 2 rings (SSSR count). The Labute approximate surface area is 101 Å². The van der Waals surface area contributed by atoms with Crippen LogP contribution in [0.4, 0.5) is 4.39 Å². The zero-order chi connectivity index (χ0) is 11.4. The van der Waals surface area contributed by atoms with Gasteiger partial charge in [-0.25, -0.2) is 4.39 Å². The molecule has 0 bridgehead atoms. The minimum atomic E-state index is -0.249. The molecular formula is C11H10BrFN2O. The second-order valence-electron chi connectivity index (χ2n) is 3.31. The molecule has 5 heteroatoms. The van der Waals surface area contributed by atoms with Crippen molar-refractivity contribution in [3.63, 3.8) is 0 Å². The van der Waals surface area contributed by atoms with Gasteiger partial charge in [0.15, 0.2) is 0 Å². The molecule has 0 fully saturated rings. The Morgan fingerprint density at radius 1 is 1.31 bits per heavy atom. The fourth-order valence-electron chi connectivity index (χ4n) is 1.34. The average Bonchev–Trinajstić information content (AvgIpc) is 2.77. The highest BCUT2D eigenvalue weighted by Crippen LogP contribution is 2.20. The van der Waals surface area contributed by atoms with E-state index < -0.39 is 0 Å². The third kappa shape index (κ3) is 2.68. The van der Waals surface area contributed by atoms with Gasteiger partial charge in [0.1, 0.15) is 12.1 Å². The Hall–Kier alpha value is -1.20. The first-order valence-corrected chi connectivity index (χ1v) is 5.59. The zero-order valence-corrected chi connectivity index (χ0v) is 10.00. The van der Waals surface area contributed by atoms with Gasteiger partial charge in [0.05, 0.1) is 10.2 Å². The molecule has 0 amide bonds. The van der Waals surface area contributed by atoms with Crippen molar-refractivity contribution in [3.05, 3.63) is 52.1 Å². The number of hydrogen-bond acceptors (Lipinski definition) is 3. The molecule has 0 atom stereocenters. The fourth-order valence-corrected chi connectivity index (χ4v) is 1.74. The van der Waals surface area contributed by atoms with Crippen molar-refractivity contribution in [2.45, 2.75) is 13.1 Å². The predicted molar refractivity (Wildman–Crippen MR) is 61.1 cm³/mol. The van der Waals surface area contributed by atoms with Crippen LogP contribution in [0.5, 0.6) is 0 Å². The number of hydrogen-bond donors (Lipinski definition) is 1. The molecule has 0 radical (unpaired) electrons. The van der Waals surface area contributed by atoms with Crippen molar-refractivity contribution in [2.75, 3.05) is 0 Å². The van der Waals surface area contributed by atoms with Crippen LogP contribution in [0.1, 0.15) is 11.3 Å². The van der Waals surface area contributed by atoms with E-state index in [4.69, 9.17) is 4.52 Å². The topological polar surface area (TPSA) is 38.1 Å². The molecule has 0 aliphatic carbocycles. The van der Waals surface area contributed by atoms with E-state index in [0.29, 0.717) is 17.6 Å². The van der Waals surface area contributed by atoms with Gasteiger partial charge in [-0.05, 0) is 27.6 Å². The summed E-state index contributed by atoms with van der Waals surface area (Å²) in [6.07, 6.45) is 1.52. The van der Waals surface area contributed by atoms with Crippen LogP contribution in [-0.2, 0) is 13.1 Å². The third-order valence-electron chi connectivity index (χ3n) is 2.14. The lowest BCUT2D eigenvalue weighted by atomic mass is 10.2. The van der Waals surface area contributed by atoms with E-state index in [9.17, 15) is 4.39 Å². The Kier molecular flexibility index (Phi) is 3.69. The van der Waals surface area contributed by atoms with E-state index in [1.165, 1.54) is 12.3 Å². The van der Waals surface area contributed by atoms with Crippen molar-refractivity contribution in [1.29, 1.82) is 0 Å². The zero-order valence-electron chi connectivity index (χ0n) is 8.41. The molecule has 3 nitrogen and oxygen atoms in total. The van der Waals surface area contributed by atoms with E-state index in [1.807, 2.05) is 6.07 Å². The first-order valence-electron chi connectivity index (χ1n) is 4.80. The maximum atomic E-state index is 13.2. The third-order valence-corrected chi connectivity index (χ3v) is 3.03. The van der Waals surface area contributed by atoms with Crippen LogP contribution >= 0.6 is 15.9 Å². The number of nitrogens with one attached hydrogen (secondary N) is 1. The first kappa shape index (κ1) is 11.3. The molecule has 0 aliphatic heterocycles. The van der Waals surface area contributed by atoms with Crippen molar-refractivity contribution >= 4 is 15.9 Å². The summed E-state index contributed by atoms with van der Waals surface area (Å²) in [5.74, 6) is -0.249. The van der Waals surface area contributed by atoms with Crippen LogP contribution in [0, 0.1) is 5.82 Å². The van der Waals surface area contributed by atoms with Crippen LogP contribution < -0.4 is 5.32 Å². The van der Waals surface area contributed by atoms with E-state index >= 15 is 0 Å². The Morgan fingerprint density at radius 3 is 2.94 bits per heavy atom. The molecule has 1 aromatic heterocycles. The predicted octanol–water partition coefficient (Wildman–Crippen LogP) is 2.87. The summed E-state index contributed by atoms with van der Waals surface area (Å²) in [7, 11) is 0. The average molecular weight is 285 g/mol. The standard InChI is InChI=1S/C11H10BrFN2O/c12-11-8(2-1-3-10(11)13)6-14-7-9-4-5-16-15-9/h1-5,14H,6-7H2. The van der Waals surface area contributed by atoms with Crippen LogP contribution in [0.15, 0.2) is 39.5 Å². The van der Waals surface area contributed by atoms with Gasteiger partial charge in [0.2, 0.25) is 0 Å². The van der Waals surface area contributed by atoms with Gasteiger partial charge in [-0.15, -0.1) is 0 Å². The molecular weight excluding hydrogens is 275 g/mol. The van der Waals surface area contributed by atoms with Gasteiger partial charge in [-0.3, -0.25) is 0 Å². The summed E-state index contributed by atoms with van der Waals surface area (Å²) in [5.41, 5.74) is 1.70. The largest absolute Gasteiger partial charge is 0.364 e. The smallest absolute Gasteiger partial charge is 0.137 e. The minimum absolute atomic E-state index is 0.249. The Bertz CT molecular complexity index is 459. The molecule has 0 unspecified atom stereocenters. The van der Waals surface area contributed by atoms with Crippen molar-refractivity contribution in [2.24, 2.45) is 0 Å². The molecule has 0 spiro atoms. The van der Waals surface area contributed by atoms with Crippen LogP contribution in [0.3, 0.4) is 0 Å². The van der Waals surface area contributed by atoms with Crippen LogP contribution in [-0.4, -0.2) is 5.16 Å². The monoisotopic (exact) mass is 284 g/mol. The number of nitrogens with zero attached hydrogens (tertiary/aromatic N) is 1. The molecule has 1 heterocycles. The molecule has 1 N–H and O–H groups in total. The van der Waals surface area contributed by atoms with Crippen molar-refractivity contribution in [1.82, 2.24) is 10.5 Å². The number of benzene rings is 1. The van der Waals surface area contributed by atoms with Gasteiger partial charge >= 0.3 is 0 Å². The van der Waals surface area contributed by atoms with Gasteiger partial charge in [0, 0.05) is 19.2 Å². The molecule has 0 saturated carbocycles. The lowest BCUT2D eigenvalue weighted by Gasteiger charge is -2.05. The van der Waals surface area contributed by atoms with Crippen molar-refractivity contribution in [3.8, 4) is 0 Å². The van der Waals surface area contributed by atoms with Gasteiger partial charge < -0.3 is 9.84 Å². The van der Waals surface area contributed by atoms with Crippen LogP contribution in [0.25, 0.3) is 0 Å². The molecule has 84 valence electrons. The first-order chi connectivity index (χ1) is 7.77. The molecule has 0 saturated heterocycles. The molecule has 0 aliphatic rings. The SMILES string of the molecule is Fc1cccc(CNCc2ccon2)c1Br. The van der Waals surface area contributed by atoms with Gasteiger partial charge in [-0.1, -0.05) is 17.3 Å². The number of rotatable bonds is 4. The fraction of sp³-hybridized carbons (Fsp3) is 0.182. The summed E-state index contributed by atoms with van der Waals surface area (Å²) in [5, 5.41) is 6.92. The van der Waals surface area contributed by atoms with Gasteiger partial charge in [0.25, 0.3) is 0 Å². The lowest BCUT2D eigenvalue weighted by molar-refractivity contribution is 0.408. The molecule has 2 aromatic rings. The highest BCUT2D eigenvalue weighted by molar-refractivity contribution is 9.10. The quantitative estimate of drug-likeness (QED) is 0.938. The normalized spacial score (nSPS) is 10.6. The van der Waals surface area contributed by atoms with Gasteiger partial charge in [-0.2, -0.15) is 0 Å². The highest BCUT2D eigenvalue weighted by atomic mass is 79.9. The second-order valence-corrected chi connectivity index (χ2v) is 4.10. The van der Waals surface area contributed by atoms with Crippen molar-refractivity contribution < 1.29 is 8.91 Å². The van der Waals surface area contributed by atoms with E-state index in [2.05, 4.69) is 26.4 Å². The highest BCUT2D eigenvalue weighted by Gasteiger charge is 2.04. The summed E-state index contributed by atoms with van der Waals surface area (Å²) in [6, 6.07) is 6.76. The summed E-state index contributed by atoms with van der Waals surface area (Å²) in [4.78, 5) is 0. The Morgan fingerprint density at radius 2 is 2.19 bits per heavy atom. The summed E-state index contributed by atoms with van der Waals surface area (Å²) >= 11 is 3.21. The Balaban J connectivity index is 1.92. The minimum Gasteiger partial charge on any atom is -0.364 e. The van der Waals surface area contributed by atoms with E-state index in [1.54, 1.807) is 12.1 Å². The second kappa shape index (κ2) is 5.23. The number of halogens is 2. The number of aromatic nitrogens is 1. The summed E-state index contributed by atoms with van der Waals surface area (Å²) < 4.78 is 18.4. The molecule has 16 heavy (non-hydrogen) atoms. The maximum Gasteiger partial charge on any atom is 0.137 e. The maximum absolute atomic E-state index is 13.2. The van der Waals surface area contributed by atoms with E-state index in [0.717, 1.165) is 11.3 Å². The summed E-state index contributed by atoms with van der Waals surface area (Å²) in [6.45, 7) is 1.17. The van der Waals surface area contributed by atoms with E-state index in [-0.39, 0.29) is 5.82 Å².